The second-order valence-corrected chi connectivity index (χ2v) is 5.94. The number of hydrogen-bond acceptors (Lipinski definition) is 3. The highest BCUT2D eigenvalue weighted by Gasteiger charge is 2.06. The summed E-state index contributed by atoms with van der Waals surface area (Å²) in [5.74, 6) is 0.289. The summed E-state index contributed by atoms with van der Waals surface area (Å²) in [6.07, 6.45) is 0. The maximum atomic E-state index is 11.1. The molecule has 6 nitrogen and oxygen atoms in total. The summed E-state index contributed by atoms with van der Waals surface area (Å²) in [5, 5.41) is 7.99. The van der Waals surface area contributed by atoms with E-state index in [1.54, 1.807) is 12.1 Å². The summed E-state index contributed by atoms with van der Waals surface area (Å²) in [5.41, 5.74) is 7.46. The summed E-state index contributed by atoms with van der Waals surface area (Å²) < 4.78 is 22.3. The van der Waals surface area contributed by atoms with Crippen LogP contribution in [-0.4, -0.2) is 14.4 Å². The second-order valence-electron chi connectivity index (χ2n) is 4.38. The Kier molecular flexibility index (Phi) is 4.56. The Morgan fingerprint density at radius 3 is 2.24 bits per heavy atom. The molecule has 0 aliphatic heterocycles. The number of rotatable bonds is 4. The molecule has 0 atom stereocenters. The van der Waals surface area contributed by atoms with Crippen LogP contribution in [0.2, 0.25) is 0 Å². The highest BCUT2D eigenvalue weighted by Crippen LogP contribution is 2.10. The van der Waals surface area contributed by atoms with E-state index in [2.05, 4.69) is 10.3 Å². The third kappa shape index (κ3) is 4.59. The van der Waals surface area contributed by atoms with Gasteiger partial charge in [-0.25, -0.2) is 18.5 Å². The molecule has 0 heterocycles. The maximum absolute atomic E-state index is 11.1. The summed E-state index contributed by atoms with van der Waals surface area (Å²) in [6, 6.07) is 15.6. The molecule has 0 aliphatic carbocycles. The first-order valence-corrected chi connectivity index (χ1v) is 7.73. The number of anilines is 1. The Labute approximate surface area is 123 Å². The van der Waals surface area contributed by atoms with Crippen molar-refractivity contribution in [2.24, 2.45) is 15.9 Å². The van der Waals surface area contributed by atoms with Crippen molar-refractivity contribution in [1.82, 2.24) is 0 Å². The maximum Gasteiger partial charge on any atom is 0.238 e. The molecule has 0 unspecified atom stereocenters. The van der Waals surface area contributed by atoms with Gasteiger partial charge < -0.3 is 11.1 Å². The molecular weight excluding hydrogens is 288 g/mol. The van der Waals surface area contributed by atoms with Crippen LogP contribution in [0.15, 0.2) is 64.5 Å². The summed E-state index contributed by atoms with van der Waals surface area (Å²) in [4.78, 5) is 4.26. The van der Waals surface area contributed by atoms with Crippen molar-refractivity contribution in [2.75, 3.05) is 5.32 Å². The SMILES string of the molecule is NC(=NCc1ccc(S(N)(=O)=O)cc1)Nc1ccccc1. The van der Waals surface area contributed by atoms with Gasteiger partial charge in [-0.15, -0.1) is 0 Å². The van der Waals surface area contributed by atoms with Crippen molar-refractivity contribution >= 4 is 21.7 Å². The molecule has 0 amide bonds. The third-order valence-corrected chi connectivity index (χ3v) is 3.66. The van der Waals surface area contributed by atoms with Crippen LogP contribution in [0.4, 0.5) is 5.69 Å². The third-order valence-electron chi connectivity index (χ3n) is 2.73. The lowest BCUT2D eigenvalue weighted by Gasteiger charge is -2.05. The van der Waals surface area contributed by atoms with Crippen LogP contribution in [0.5, 0.6) is 0 Å². The Bertz CT molecular complexity index is 725. The molecule has 5 N–H and O–H groups in total. The van der Waals surface area contributed by atoms with Gasteiger partial charge in [0.15, 0.2) is 5.96 Å². The Balaban J connectivity index is 2.00. The summed E-state index contributed by atoms with van der Waals surface area (Å²) in [6.45, 7) is 0.344. The number of primary sulfonamides is 1. The second kappa shape index (κ2) is 6.38. The van der Waals surface area contributed by atoms with Crippen molar-refractivity contribution in [3.8, 4) is 0 Å². The van der Waals surface area contributed by atoms with Crippen LogP contribution in [-0.2, 0) is 16.6 Å². The largest absolute Gasteiger partial charge is 0.370 e. The van der Waals surface area contributed by atoms with Crippen LogP contribution >= 0.6 is 0 Å². The molecular formula is C14H16N4O2S. The number of nitrogens with two attached hydrogens (primary N) is 2. The minimum Gasteiger partial charge on any atom is -0.370 e. The van der Waals surface area contributed by atoms with Gasteiger partial charge in [-0.05, 0) is 29.8 Å². The number of guanidine groups is 1. The molecule has 0 aliphatic rings. The van der Waals surface area contributed by atoms with E-state index in [0.29, 0.717) is 6.54 Å². The van der Waals surface area contributed by atoms with Gasteiger partial charge in [0.25, 0.3) is 0 Å². The van der Waals surface area contributed by atoms with E-state index in [4.69, 9.17) is 10.9 Å². The van der Waals surface area contributed by atoms with Gasteiger partial charge in [0.2, 0.25) is 10.0 Å². The standard InChI is InChI=1S/C14H16N4O2S/c15-14(18-12-4-2-1-3-5-12)17-10-11-6-8-13(9-7-11)21(16,19)20/h1-9H,10H2,(H3,15,17,18)(H2,16,19,20). The molecule has 0 saturated heterocycles. The highest BCUT2D eigenvalue weighted by atomic mass is 32.2. The summed E-state index contributed by atoms with van der Waals surface area (Å²) in [7, 11) is -3.66. The smallest absolute Gasteiger partial charge is 0.238 e. The lowest BCUT2D eigenvalue weighted by Crippen LogP contribution is -2.22. The molecule has 7 heteroatoms. The number of aliphatic imine (C=N–C) groups is 1. The van der Waals surface area contributed by atoms with Gasteiger partial charge >= 0.3 is 0 Å². The highest BCUT2D eigenvalue weighted by molar-refractivity contribution is 7.89. The molecule has 2 aromatic rings. The van der Waals surface area contributed by atoms with Crippen molar-refractivity contribution in [2.45, 2.75) is 11.4 Å². The van der Waals surface area contributed by atoms with Crippen molar-refractivity contribution in [1.29, 1.82) is 0 Å². The molecule has 110 valence electrons. The topological polar surface area (TPSA) is 111 Å². The van der Waals surface area contributed by atoms with Crippen molar-refractivity contribution < 1.29 is 8.42 Å². The molecule has 21 heavy (non-hydrogen) atoms. The van der Waals surface area contributed by atoms with E-state index >= 15 is 0 Å². The van der Waals surface area contributed by atoms with Gasteiger partial charge in [0.1, 0.15) is 0 Å². The van der Waals surface area contributed by atoms with Gasteiger partial charge in [0, 0.05) is 5.69 Å². The number of para-hydroxylation sites is 1. The van der Waals surface area contributed by atoms with Crippen molar-refractivity contribution in [3.05, 3.63) is 60.2 Å². The first kappa shape index (κ1) is 15.0. The number of hydrogen-bond donors (Lipinski definition) is 3. The number of sulfonamides is 1. The zero-order valence-corrected chi connectivity index (χ0v) is 12.0. The quantitative estimate of drug-likeness (QED) is 0.583. The first-order chi connectivity index (χ1) is 9.95. The van der Waals surface area contributed by atoms with Gasteiger partial charge in [-0.3, -0.25) is 0 Å². The summed E-state index contributed by atoms with van der Waals surface area (Å²) >= 11 is 0. The van der Waals surface area contributed by atoms with Crippen LogP contribution in [0.25, 0.3) is 0 Å². The fourth-order valence-corrected chi connectivity index (χ4v) is 2.19. The molecule has 0 radical (unpaired) electrons. The van der Waals surface area contributed by atoms with Gasteiger partial charge in [-0.2, -0.15) is 0 Å². The van der Waals surface area contributed by atoms with Crippen LogP contribution in [0.3, 0.4) is 0 Å². The van der Waals surface area contributed by atoms with Gasteiger partial charge in [0.05, 0.1) is 11.4 Å². The Hall–Kier alpha value is -2.38. The average molecular weight is 304 g/mol. The van der Waals surface area contributed by atoms with E-state index in [0.717, 1.165) is 11.3 Å². The van der Waals surface area contributed by atoms with Crippen LogP contribution in [0.1, 0.15) is 5.56 Å². The van der Waals surface area contributed by atoms with Crippen LogP contribution < -0.4 is 16.2 Å². The predicted octanol–water partition coefficient (Wildman–Crippen LogP) is 1.26. The van der Waals surface area contributed by atoms with E-state index in [1.807, 2.05) is 30.3 Å². The monoisotopic (exact) mass is 304 g/mol. The zero-order valence-electron chi connectivity index (χ0n) is 11.2. The molecule has 0 aromatic heterocycles. The number of benzene rings is 2. The lowest BCUT2D eigenvalue weighted by atomic mass is 10.2. The molecule has 0 saturated carbocycles. The lowest BCUT2D eigenvalue weighted by molar-refractivity contribution is 0.598. The van der Waals surface area contributed by atoms with Crippen molar-refractivity contribution in [3.63, 3.8) is 0 Å². The number of nitrogens with zero attached hydrogens (tertiary/aromatic N) is 1. The average Bonchev–Trinajstić information content (AvgIpc) is 2.46. The molecule has 2 rings (SSSR count). The molecule has 0 fully saturated rings. The van der Waals surface area contributed by atoms with E-state index in [1.165, 1.54) is 12.1 Å². The van der Waals surface area contributed by atoms with Crippen LogP contribution in [0, 0.1) is 0 Å². The van der Waals surface area contributed by atoms with E-state index < -0.39 is 10.0 Å². The molecule has 0 bridgehead atoms. The Morgan fingerprint density at radius 2 is 1.67 bits per heavy atom. The van der Waals surface area contributed by atoms with E-state index in [9.17, 15) is 8.42 Å². The van der Waals surface area contributed by atoms with Gasteiger partial charge in [-0.1, -0.05) is 30.3 Å². The zero-order chi connectivity index (χ0) is 15.3. The van der Waals surface area contributed by atoms with E-state index in [-0.39, 0.29) is 10.9 Å². The molecule has 2 aromatic carbocycles. The number of nitrogens with one attached hydrogen (secondary N) is 1. The predicted molar refractivity (Wildman–Crippen MR) is 83.2 cm³/mol. The normalized spacial score (nSPS) is 12.1. The minimum atomic E-state index is -3.66. The fraction of sp³-hybridized carbons (Fsp3) is 0.0714. The Morgan fingerprint density at radius 1 is 1.05 bits per heavy atom. The fourth-order valence-electron chi connectivity index (χ4n) is 1.67. The first-order valence-electron chi connectivity index (χ1n) is 6.19. The molecule has 0 spiro atoms. The minimum absolute atomic E-state index is 0.0746.